The highest BCUT2D eigenvalue weighted by Crippen LogP contribution is 2.49. The van der Waals surface area contributed by atoms with Crippen LogP contribution < -0.4 is 5.32 Å². The van der Waals surface area contributed by atoms with Gasteiger partial charge < -0.3 is 5.32 Å². The van der Waals surface area contributed by atoms with Gasteiger partial charge in [0, 0.05) is 32.1 Å². The summed E-state index contributed by atoms with van der Waals surface area (Å²) in [5.41, 5.74) is 0.638. The summed E-state index contributed by atoms with van der Waals surface area (Å²) in [6, 6.07) is 0.225. The number of piperidine rings is 1. The first-order valence-corrected chi connectivity index (χ1v) is 12.0. The van der Waals surface area contributed by atoms with Crippen molar-refractivity contribution < 1.29 is 13.2 Å². The Bertz CT molecular complexity index is 842. The summed E-state index contributed by atoms with van der Waals surface area (Å²) in [4.78, 5) is 13.0. The molecule has 0 radical (unpaired) electrons. The molecule has 0 spiro atoms. The van der Waals surface area contributed by atoms with Crippen LogP contribution in [0.4, 0.5) is 0 Å². The third-order valence-corrected chi connectivity index (χ3v) is 9.44. The summed E-state index contributed by atoms with van der Waals surface area (Å²) in [6.45, 7) is 4.68. The summed E-state index contributed by atoms with van der Waals surface area (Å²) in [7, 11) is -1.81. The van der Waals surface area contributed by atoms with Gasteiger partial charge in [0.2, 0.25) is 15.9 Å². The lowest BCUT2D eigenvalue weighted by Crippen LogP contribution is -2.47. The van der Waals surface area contributed by atoms with E-state index in [0.717, 1.165) is 11.8 Å². The van der Waals surface area contributed by atoms with Crippen LogP contribution in [0.2, 0.25) is 0 Å². The number of amides is 1. The van der Waals surface area contributed by atoms with Crippen LogP contribution in [0, 0.1) is 30.6 Å². The molecule has 2 aliphatic carbocycles. The second-order valence-electron chi connectivity index (χ2n) is 9.03. The molecule has 3 fully saturated rings. The van der Waals surface area contributed by atoms with Gasteiger partial charge in [-0.25, -0.2) is 8.42 Å². The largest absolute Gasteiger partial charge is 0.353 e. The maximum atomic E-state index is 12.9. The number of sulfonamides is 1. The molecule has 1 N–H and O–H groups in total. The van der Waals surface area contributed by atoms with E-state index < -0.39 is 10.0 Å². The van der Waals surface area contributed by atoms with E-state index in [4.69, 9.17) is 0 Å². The van der Waals surface area contributed by atoms with Crippen LogP contribution in [-0.4, -0.2) is 47.5 Å². The number of carbonyl (C=O) groups excluding carboxylic acids is 1. The van der Waals surface area contributed by atoms with Crippen molar-refractivity contribution in [2.75, 3.05) is 13.1 Å². The molecular weight excluding hydrogens is 376 g/mol. The minimum absolute atomic E-state index is 0.0949. The van der Waals surface area contributed by atoms with Crippen LogP contribution in [0.1, 0.15) is 51.1 Å². The van der Waals surface area contributed by atoms with E-state index in [9.17, 15) is 13.2 Å². The number of hydrogen-bond acceptors (Lipinski definition) is 4. The maximum Gasteiger partial charge on any atom is 0.246 e. The maximum absolute atomic E-state index is 12.9. The Balaban J connectivity index is 1.32. The molecule has 28 heavy (non-hydrogen) atoms. The van der Waals surface area contributed by atoms with Crippen LogP contribution in [-0.2, 0) is 21.9 Å². The molecule has 2 heterocycles. The van der Waals surface area contributed by atoms with Gasteiger partial charge in [-0.1, -0.05) is 6.42 Å². The molecule has 8 heteroatoms. The van der Waals surface area contributed by atoms with E-state index in [2.05, 4.69) is 17.3 Å². The molecule has 2 bridgehead atoms. The Hall–Kier alpha value is -1.41. The number of nitrogens with zero attached hydrogens (tertiary/aromatic N) is 3. The quantitative estimate of drug-likeness (QED) is 0.808. The Labute approximate surface area is 167 Å². The lowest BCUT2D eigenvalue weighted by molar-refractivity contribution is -0.127. The second-order valence-corrected chi connectivity index (χ2v) is 10.9. The lowest BCUT2D eigenvalue weighted by atomic mass is 9.83. The van der Waals surface area contributed by atoms with Crippen LogP contribution in [0.25, 0.3) is 0 Å². The van der Waals surface area contributed by atoms with Gasteiger partial charge in [-0.15, -0.1) is 0 Å². The summed E-state index contributed by atoms with van der Waals surface area (Å²) in [5, 5.41) is 7.31. The highest BCUT2D eigenvalue weighted by Gasteiger charge is 2.42. The normalized spacial score (nSPS) is 29.9. The third-order valence-electron chi connectivity index (χ3n) is 7.44. The first kappa shape index (κ1) is 19.9. The molecule has 0 aromatic carbocycles. The van der Waals surface area contributed by atoms with Crippen molar-refractivity contribution in [1.29, 1.82) is 0 Å². The van der Waals surface area contributed by atoms with Gasteiger partial charge in [-0.2, -0.15) is 9.40 Å². The minimum atomic E-state index is -3.54. The Morgan fingerprint density at radius 2 is 1.93 bits per heavy atom. The molecule has 0 unspecified atom stereocenters. The van der Waals surface area contributed by atoms with Gasteiger partial charge in [-0.05, 0) is 63.7 Å². The number of nitrogens with one attached hydrogen (secondary N) is 1. The SMILES string of the molecule is Cc1c(S(=O)(=O)N2CCC(C(=O)N[C@@H](C)[C@H]3C[C@H]4CC[C@H]3C4)CC2)cnn1C. The molecule has 1 aromatic heterocycles. The smallest absolute Gasteiger partial charge is 0.246 e. The van der Waals surface area contributed by atoms with E-state index in [1.165, 1.54) is 36.2 Å². The number of carbonyl (C=O) groups is 1. The topological polar surface area (TPSA) is 84.3 Å². The molecule has 7 nitrogen and oxygen atoms in total. The van der Waals surface area contributed by atoms with E-state index >= 15 is 0 Å². The van der Waals surface area contributed by atoms with Crippen molar-refractivity contribution in [3.8, 4) is 0 Å². The number of aromatic nitrogens is 2. The van der Waals surface area contributed by atoms with Crippen LogP contribution in [0.15, 0.2) is 11.1 Å². The molecule has 1 aromatic rings. The van der Waals surface area contributed by atoms with Gasteiger partial charge in [-0.3, -0.25) is 9.48 Å². The summed E-state index contributed by atoms with van der Waals surface area (Å²) in [5.74, 6) is 2.29. The highest BCUT2D eigenvalue weighted by molar-refractivity contribution is 7.89. The van der Waals surface area contributed by atoms with E-state index in [0.29, 0.717) is 37.5 Å². The molecule has 3 aliphatic rings. The van der Waals surface area contributed by atoms with Gasteiger partial charge in [0.05, 0.1) is 11.9 Å². The fraction of sp³-hybridized carbons (Fsp3) is 0.800. The van der Waals surface area contributed by atoms with Gasteiger partial charge in [0.1, 0.15) is 4.90 Å². The molecular formula is C20H32N4O3S. The molecule has 4 rings (SSSR count). The fourth-order valence-corrected chi connectivity index (χ4v) is 7.24. The standard InChI is InChI=1S/C20H32N4O3S/c1-13(18-11-15-4-5-17(18)10-15)22-20(25)16-6-8-24(9-7-16)28(26,27)19-12-21-23(3)14(19)2/h12-13,15-18H,4-11H2,1-3H3,(H,22,25)/t13-,15-,17-,18+/m0/s1. The average molecular weight is 409 g/mol. The monoisotopic (exact) mass is 408 g/mol. The Kier molecular flexibility index (Phi) is 5.29. The minimum Gasteiger partial charge on any atom is -0.353 e. The molecule has 1 aliphatic heterocycles. The zero-order valence-electron chi connectivity index (χ0n) is 17.1. The van der Waals surface area contributed by atoms with Gasteiger partial charge in [0.25, 0.3) is 0 Å². The van der Waals surface area contributed by atoms with Crippen LogP contribution in [0.3, 0.4) is 0 Å². The predicted octanol–water partition coefficient (Wildman–Crippen LogP) is 2.07. The Morgan fingerprint density at radius 3 is 2.46 bits per heavy atom. The third kappa shape index (κ3) is 3.49. The Morgan fingerprint density at radius 1 is 1.21 bits per heavy atom. The van der Waals surface area contributed by atoms with Crippen molar-refractivity contribution in [2.24, 2.45) is 30.7 Å². The molecule has 4 atom stereocenters. The fourth-order valence-electron chi connectivity index (χ4n) is 5.58. The molecule has 156 valence electrons. The van der Waals surface area contributed by atoms with Crippen molar-refractivity contribution in [2.45, 2.75) is 63.3 Å². The van der Waals surface area contributed by atoms with Crippen LogP contribution >= 0.6 is 0 Å². The molecule has 2 saturated carbocycles. The van der Waals surface area contributed by atoms with Crippen molar-refractivity contribution in [3.63, 3.8) is 0 Å². The number of hydrogen-bond donors (Lipinski definition) is 1. The van der Waals surface area contributed by atoms with E-state index in [1.54, 1.807) is 18.7 Å². The first-order valence-electron chi connectivity index (χ1n) is 10.6. The first-order chi connectivity index (χ1) is 13.3. The summed E-state index contributed by atoms with van der Waals surface area (Å²) < 4.78 is 28.9. The summed E-state index contributed by atoms with van der Waals surface area (Å²) in [6.07, 6.45) is 7.86. The number of aryl methyl sites for hydroxylation is 1. The number of rotatable bonds is 5. The van der Waals surface area contributed by atoms with Crippen molar-refractivity contribution in [3.05, 3.63) is 11.9 Å². The zero-order chi connectivity index (χ0) is 20.1. The van der Waals surface area contributed by atoms with Gasteiger partial charge >= 0.3 is 0 Å². The van der Waals surface area contributed by atoms with Gasteiger partial charge in [0.15, 0.2) is 0 Å². The van der Waals surface area contributed by atoms with Crippen LogP contribution in [0.5, 0.6) is 0 Å². The molecule has 1 saturated heterocycles. The zero-order valence-corrected chi connectivity index (χ0v) is 17.9. The number of fused-ring (bicyclic) bond motifs is 2. The van der Waals surface area contributed by atoms with E-state index in [1.807, 2.05) is 0 Å². The van der Waals surface area contributed by atoms with Crippen molar-refractivity contribution >= 4 is 15.9 Å². The second kappa shape index (κ2) is 7.44. The highest BCUT2D eigenvalue weighted by atomic mass is 32.2. The lowest BCUT2D eigenvalue weighted by Gasteiger charge is -2.33. The van der Waals surface area contributed by atoms with E-state index in [-0.39, 0.29) is 22.8 Å². The predicted molar refractivity (Wildman–Crippen MR) is 106 cm³/mol. The average Bonchev–Trinajstić information content (AvgIpc) is 3.39. The molecule has 1 amide bonds. The summed E-state index contributed by atoms with van der Waals surface area (Å²) >= 11 is 0. The van der Waals surface area contributed by atoms with Crippen molar-refractivity contribution in [1.82, 2.24) is 19.4 Å².